The average molecular weight is 267 g/mol. The van der Waals surface area contributed by atoms with Gasteiger partial charge >= 0.3 is 0 Å². The van der Waals surface area contributed by atoms with Gasteiger partial charge in [0.1, 0.15) is 11.6 Å². The molecule has 1 saturated carbocycles. The highest BCUT2D eigenvalue weighted by molar-refractivity contribution is 5.80. The molecule has 0 saturated heterocycles. The Labute approximate surface area is 112 Å². The molecule has 0 radical (unpaired) electrons. The van der Waals surface area contributed by atoms with Crippen molar-refractivity contribution in [2.75, 3.05) is 0 Å². The van der Waals surface area contributed by atoms with Crippen molar-refractivity contribution in [2.24, 2.45) is 5.92 Å². The maximum atomic E-state index is 13.8. The molecule has 2 rings (SSSR count). The zero-order chi connectivity index (χ0) is 14.0. The van der Waals surface area contributed by atoms with E-state index in [1.807, 2.05) is 13.8 Å². The lowest BCUT2D eigenvalue weighted by Crippen LogP contribution is -2.39. The number of rotatable bonds is 5. The summed E-state index contributed by atoms with van der Waals surface area (Å²) in [6.07, 6.45) is 2.96. The summed E-state index contributed by atoms with van der Waals surface area (Å²) in [6.45, 7) is 3.93. The summed E-state index contributed by atoms with van der Waals surface area (Å²) in [7, 11) is 0. The molecule has 1 amide bonds. The predicted molar refractivity (Wildman–Crippen MR) is 69.5 cm³/mol. The number of hydrogen-bond donors (Lipinski definition) is 1. The van der Waals surface area contributed by atoms with Crippen molar-refractivity contribution in [3.05, 3.63) is 35.4 Å². The number of carbonyl (C=O) groups excluding carboxylic acids is 1. The van der Waals surface area contributed by atoms with Gasteiger partial charge in [0.2, 0.25) is 5.91 Å². The number of carbonyl (C=O) groups is 1. The fourth-order valence-corrected chi connectivity index (χ4v) is 2.46. The second-order valence-electron chi connectivity index (χ2n) is 5.21. The minimum Gasteiger partial charge on any atom is -0.346 e. The van der Waals surface area contributed by atoms with E-state index in [2.05, 4.69) is 5.32 Å². The molecule has 104 valence electrons. The number of halogens is 2. The lowest BCUT2D eigenvalue weighted by molar-refractivity contribution is -0.126. The van der Waals surface area contributed by atoms with Crippen LogP contribution >= 0.6 is 0 Å². The van der Waals surface area contributed by atoms with Crippen molar-refractivity contribution < 1.29 is 13.6 Å². The molecule has 0 atom stereocenters. The van der Waals surface area contributed by atoms with Crippen LogP contribution in [0, 0.1) is 17.6 Å². The smallest absolute Gasteiger partial charge is 0.223 e. The van der Waals surface area contributed by atoms with Crippen LogP contribution in [-0.4, -0.2) is 5.91 Å². The first-order chi connectivity index (χ1) is 9.02. The van der Waals surface area contributed by atoms with E-state index in [-0.39, 0.29) is 11.8 Å². The summed E-state index contributed by atoms with van der Waals surface area (Å²) < 4.78 is 26.7. The van der Waals surface area contributed by atoms with Gasteiger partial charge < -0.3 is 5.32 Å². The van der Waals surface area contributed by atoms with Crippen LogP contribution in [0.15, 0.2) is 18.2 Å². The van der Waals surface area contributed by atoms with Crippen molar-refractivity contribution in [2.45, 2.75) is 45.1 Å². The highest BCUT2D eigenvalue weighted by atomic mass is 19.1. The molecule has 2 nitrogen and oxygen atoms in total. The molecule has 0 bridgehead atoms. The summed E-state index contributed by atoms with van der Waals surface area (Å²) in [6, 6.07) is 3.55. The molecule has 1 aliphatic carbocycles. The van der Waals surface area contributed by atoms with E-state index < -0.39 is 17.2 Å². The lowest BCUT2D eigenvalue weighted by Gasteiger charge is -2.22. The van der Waals surface area contributed by atoms with Crippen molar-refractivity contribution in [1.29, 1.82) is 0 Å². The van der Waals surface area contributed by atoms with E-state index in [1.54, 1.807) is 0 Å². The Hall–Kier alpha value is -1.45. The van der Waals surface area contributed by atoms with Gasteiger partial charge in [0.25, 0.3) is 0 Å². The van der Waals surface area contributed by atoms with E-state index in [0.29, 0.717) is 18.4 Å². The van der Waals surface area contributed by atoms with Crippen LogP contribution in [0.3, 0.4) is 0 Å². The maximum absolute atomic E-state index is 13.8. The van der Waals surface area contributed by atoms with E-state index in [9.17, 15) is 13.6 Å². The summed E-state index contributed by atoms with van der Waals surface area (Å²) in [4.78, 5) is 12.1. The van der Waals surface area contributed by atoms with Crippen LogP contribution in [0.25, 0.3) is 0 Å². The molecule has 1 N–H and O–H groups in total. The Morgan fingerprint density at radius 2 is 1.95 bits per heavy atom. The Kier molecular flexibility index (Phi) is 3.88. The molecule has 0 heterocycles. The van der Waals surface area contributed by atoms with Gasteiger partial charge in [-0.1, -0.05) is 19.9 Å². The topological polar surface area (TPSA) is 29.1 Å². The zero-order valence-corrected chi connectivity index (χ0v) is 11.3. The van der Waals surface area contributed by atoms with Crippen LogP contribution in [0.5, 0.6) is 0 Å². The van der Waals surface area contributed by atoms with Crippen molar-refractivity contribution >= 4 is 5.91 Å². The highest BCUT2D eigenvalue weighted by Gasteiger charge is 2.47. The maximum Gasteiger partial charge on any atom is 0.223 e. The van der Waals surface area contributed by atoms with Gasteiger partial charge in [0, 0.05) is 17.5 Å². The predicted octanol–water partition coefficient (Wildman–Crippen LogP) is 3.51. The average Bonchev–Trinajstić information content (AvgIpc) is 3.11. The first kappa shape index (κ1) is 14.0. The SMILES string of the molecule is CCC(CC)C(=O)NC1(c2ccc(F)cc2F)CC1. The standard InChI is InChI=1S/C15H19F2NO/c1-3-10(4-2)14(19)18-15(7-8-15)12-6-5-11(16)9-13(12)17/h5-6,9-10H,3-4,7-8H2,1-2H3,(H,18,19). The molecular formula is C15H19F2NO. The van der Waals surface area contributed by atoms with Gasteiger partial charge in [-0.05, 0) is 31.7 Å². The monoisotopic (exact) mass is 267 g/mol. The van der Waals surface area contributed by atoms with E-state index in [1.165, 1.54) is 12.1 Å². The number of nitrogens with one attached hydrogen (secondary N) is 1. The molecule has 0 unspecified atom stereocenters. The summed E-state index contributed by atoms with van der Waals surface area (Å²) in [5, 5.41) is 2.94. The summed E-state index contributed by atoms with van der Waals surface area (Å²) in [5.74, 6) is -1.25. The van der Waals surface area contributed by atoms with Crippen LogP contribution in [0.2, 0.25) is 0 Å². The molecule has 1 fully saturated rings. The minimum absolute atomic E-state index is 0.0359. The molecule has 4 heteroatoms. The molecule has 19 heavy (non-hydrogen) atoms. The number of amides is 1. The van der Waals surface area contributed by atoms with Crippen LogP contribution in [0.1, 0.15) is 45.1 Å². The molecule has 1 aromatic rings. The molecule has 1 aromatic carbocycles. The van der Waals surface area contributed by atoms with Gasteiger partial charge in [0.15, 0.2) is 0 Å². The van der Waals surface area contributed by atoms with Gasteiger partial charge in [0.05, 0.1) is 5.54 Å². The van der Waals surface area contributed by atoms with Crippen LogP contribution in [0.4, 0.5) is 8.78 Å². The third kappa shape index (κ3) is 2.77. The minimum atomic E-state index is -0.614. The van der Waals surface area contributed by atoms with Crippen LogP contribution in [-0.2, 0) is 10.3 Å². The van der Waals surface area contributed by atoms with Crippen LogP contribution < -0.4 is 5.32 Å². The third-order valence-electron chi connectivity index (χ3n) is 3.92. The molecule has 0 aliphatic heterocycles. The Bertz CT molecular complexity index is 479. The first-order valence-electron chi connectivity index (χ1n) is 6.80. The fraction of sp³-hybridized carbons (Fsp3) is 0.533. The van der Waals surface area contributed by atoms with Gasteiger partial charge in [-0.25, -0.2) is 8.78 Å². The summed E-state index contributed by atoms with van der Waals surface area (Å²) >= 11 is 0. The largest absolute Gasteiger partial charge is 0.346 e. The lowest BCUT2D eigenvalue weighted by atomic mass is 9.99. The first-order valence-corrected chi connectivity index (χ1v) is 6.80. The molecule has 0 spiro atoms. The molecular weight excluding hydrogens is 248 g/mol. The third-order valence-corrected chi connectivity index (χ3v) is 3.92. The summed E-state index contributed by atoms with van der Waals surface area (Å²) in [5.41, 5.74) is -0.217. The van der Waals surface area contributed by atoms with Crippen molar-refractivity contribution in [3.63, 3.8) is 0 Å². The highest BCUT2D eigenvalue weighted by Crippen LogP contribution is 2.46. The molecule has 0 aromatic heterocycles. The van der Waals surface area contributed by atoms with Gasteiger partial charge in [-0.2, -0.15) is 0 Å². The number of hydrogen-bond acceptors (Lipinski definition) is 1. The normalized spacial score (nSPS) is 16.5. The van der Waals surface area contributed by atoms with E-state index in [4.69, 9.17) is 0 Å². The van der Waals surface area contributed by atoms with Gasteiger partial charge in [-0.3, -0.25) is 4.79 Å². The Balaban J connectivity index is 2.17. The van der Waals surface area contributed by atoms with E-state index in [0.717, 1.165) is 18.9 Å². The molecule has 1 aliphatic rings. The quantitative estimate of drug-likeness (QED) is 0.869. The second kappa shape index (κ2) is 5.27. The second-order valence-corrected chi connectivity index (χ2v) is 5.21. The fourth-order valence-electron chi connectivity index (χ4n) is 2.46. The Morgan fingerprint density at radius 3 is 2.42 bits per heavy atom. The van der Waals surface area contributed by atoms with Crippen molar-refractivity contribution in [3.8, 4) is 0 Å². The van der Waals surface area contributed by atoms with E-state index >= 15 is 0 Å². The van der Waals surface area contributed by atoms with Gasteiger partial charge in [-0.15, -0.1) is 0 Å². The Morgan fingerprint density at radius 1 is 1.32 bits per heavy atom. The number of benzene rings is 1. The van der Waals surface area contributed by atoms with Crippen molar-refractivity contribution in [1.82, 2.24) is 5.32 Å². The zero-order valence-electron chi connectivity index (χ0n) is 11.3.